The Bertz CT molecular complexity index is 1530. The maximum absolute atomic E-state index is 14.0. The first-order valence-electron chi connectivity index (χ1n) is 13.8. The van der Waals surface area contributed by atoms with Crippen LogP contribution in [0, 0.1) is 5.92 Å². The highest BCUT2D eigenvalue weighted by Gasteiger charge is 2.39. The molecule has 0 aliphatic heterocycles. The van der Waals surface area contributed by atoms with Crippen molar-refractivity contribution in [2.24, 2.45) is 5.92 Å². The molecular formula is C28H34F2N8O3. The maximum Gasteiger partial charge on any atom is 0.356 e. The molecule has 1 amide bonds. The van der Waals surface area contributed by atoms with E-state index in [1.165, 1.54) is 0 Å². The fourth-order valence-electron chi connectivity index (χ4n) is 5.22. The van der Waals surface area contributed by atoms with Crippen LogP contribution in [-0.4, -0.2) is 52.0 Å². The van der Waals surface area contributed by atoms with Gasteiger partial charge in [0.05, 0.1) is 24.1 Å². The molecule has 218 valence electrons. The molecule has 1 atom stereocenters. The summed E-state index contributed by atoms with van der Waals surface area (Å²) in [4.78, 5) is 30.7. The second-order valence-electron chi connectivity index (χ2n) is 11.1. The Balaban J connectivity index is 1.37. The van der Waals surface area contributed by atoms with Crippen molar-refractivity contribution in [1.82, 2.24) is 39.5 Å². The zero-order chi connectivity index (χ0) is 29.3. The Hall–Kier alpha value is -4.16. The molecule has 0 spiro atoms. The Morgan fingerprint density at radius 2 is 1.66 bits per heavy atom. The van der Waals surface area contributed by atoms with Gasteiger partial charge in [-0.15, -0.1) is 0 Å². The summed E-state index contributed by atoms with van der Waals surface area (Å²) in [6.45, 7) is 7.67. The molecule has 1 N–H and O–H groups in total. The van der Waals surface area contributed by atoms with Gasteiger partial charge in [0.25, 0.3) is 5.91 Å². The standard InChI is InChI=1S/C28H34F2N8O3/c1-17(2)37-22(7-11-31-37)26(39)35-25(20-5-9-28(29,30)10-6-20)21-15-36-24(34-21)13-19(14-33-36)16-41-27(40)23-8-12-32-38(23)18(3)4/h7-8,11-15,17-18,20,25H,5-6,9-10,16H2,1-4H3,(H,35,39)/t25-/m0/s1. The number of nitrogens with zero attached hydrogens (tertiary/aromatic N) is 7. The maximum atomic E-state index is 14.0. The normalized spacial score (nSPS) is 16.4. The number of amides is 1. The molecule has 1 saturated carbocycles. The molecule has 1 aliphatic rings. The summed E-state index contributed by atoms with van der Waals surface area (Å²) in [7, 11) is 0. The van der Waals surface area contributed by atoms with Crippen LogP contribution in [0.5, 0.6) is 0 Å². The third-order valence-electron chi connectivity index (χ3n) is 7.36. The first-order valence-corrected chi connectivity index (χ1v) is 13.8. The zero-order valence-electron chi connectivity index (χ0n) is 23.5. The molecule has 4 aromatic heterocycles. The monoisotopic (exact) mass is 568 g/mol. The van der Waals surface area contributed by atoms with Crippen LogP contribution in [0.25, 0.3) is 5.65 Å². The second-order valence-corrected chi connectivity index (χ2v) is 11.1. The van der Waals surface area contributed by atoms with Gasteiger partial charge in [0, 0.05) is 42.9 Å². The Labute approximate surface area is 235 Å². The molecule has 11 nitrogen and oxygen atoms in total. The SMILES string of the molecule is CC(C)n1nccc1C(=O)N[C@H](c1cn2ncc(COC(=O)c3ccnn3C(C)C)cc2n1)C1CCC(F)(F)CC1. The van der Waals surface area contributed by atoms with Crippen LogP contribution in [0.15, 0.2) is 43.0 Å². The van der Waals surface area contributed by atoms with Crippen LogP contribution >= 0.6 is 0 Å². The van der Waals surface area contributed by atoms with Crippen LogP contribution in [-0.2, 0) is 11.3 Å². The Morgan fingerprint density at radius 3 is 2.32 bits per heavy atom. The molecule has 1 fully saturated rings. The van der Waals surface area contributed by atoms with Crippen LogP contribution in [0.4, 0.5) is 8.78 Å². The summed E-state index contributed by atoms with van der Waals surface area (Å²) in [5.41, 5.74) is 2.36. The predicted octanol–water partition coefficient (Wildman–Crippen LogP) is 4.94. The molecule has 4 aromatic rings. The highest BCUT2D eigenvalue weighted by molar-refractivity contribution is 5.92. The molecule has 13 heteroatoms. The minimum absolute atomic E-state index is 0.00340. The van der Waals surface area contributed by atoms with Crippen LogP contribution < -0.4 is 5.32 Å². The number of halogens is 2. The highest BCUT2D eigenvalue weighted by Crippen LogP contribution is 2.41. The van der Waals surface area contributed by atoms with Crippen LogP contribution in [0.2, 0.25) is 0 Å². The first kappa shape index (κ1) is 28.4. The summed E-state index contributed by atoms with van der Waals surface area (Å²) < 4.78 is 38.3. The quantitative estimate of drug-likeness (QED) is 0.284. The van der Waals surface area contributed by atoms with E-state index in [-0.39, 0.29) is 56.2 Å². The number of fused-ring (bicyclic) bond motifs is 1. The van der Waals surface area contributed by atoms with E-state index >= 15 is 0 Å². The number of nitrogens with one attached hydrogen (secondary N) is 1. The average molecular weight is 569 g/mol. The molecule has 0 unspecified atom stereocenters. The number of ether oxygens (including phenoxy) is 1. The smallest absolute Gasteiger partial charge is 0.356 e. The number of carbonyl (C=O) groups is 2. The van der Waals surface area contributed by atoms with Gasteiger partial charge in [-0.05, 0) is 64.7 Å². The van der Waals surface area contributed by atoms with Crippen LogP contribution in [0.1, 0.15) is 104 Å². The van der Waals surface area contributed by atoms with Crippen molar-refractivity contribution >= 4 is 17.5 Å². The zero-order valence-corrected chi connectivity index (χ0v) is 23.5. The number of hydrogen-bond donors (Lipinski definition) is 1. The van der Waals surface area contributed by atoms with Crippen molar-refractivity contribution in [2.75, 3.05) is 0 Å². The van der Waals surface area contributed by atoms with Gasteiger partial charge in [0.15, 0.2) is 5.65 Å². The van der Waals surface area contributed by atoms with Gasteiger partial charge in [0.1, 0.15) is 18.0 Å². The summed E-state index contributed by atoms with van der Waals surface area (Å²) in [5, 5.41) is 15.9. The van der Waals surface area contributed by atoms with Gasteiger partial charge in [-0.1, -0.05) is 0 Å². The number of alkyl halides is 2. The molecule has 4 heterocycles. The fraction of sp³-hybridized carbons (Fsp3) is 0.500. The molecule has 0 bridgehead atoms. The van der Waals surface area contributed by atoms with Crippen molar-refractivity contribution in [3.8, 4) is 0 Å². The topological polar surface area (TPSA) is 121 Å². The van der Waals surface area contributed by atoms with Crippen LogP contribution in [0.3, 0.4) is 0 Å². The number of rotatable bonds is 9. The lowest BCUT2D eigenvalue weighted by atomic mass is 9.81. The van der Waals surface area contributed by atoms with Crippen molar-refractivity contribution in [2.45, 2.75) is 84.0 Å². The van der Waals surface area contributed by atoms with E-state index in [4.69, 9.17) is 9.72 Å². The fourth-order valence-corrected chi connectivity index (χ4v) is 5.22. The lowest BCUT2D eigenvalue weighted by Gasteiger charge is -2.33. The van der Waals surface area contributed by atoms with E-state index in [0.717, 1.165) is 0 Å². The minimum Gasteiger partial charge on any atom is -0.456 e. The molecule has 5 rings (SSSR count). The lowest BCUT2D eigenvalue weighted by molar-refractivity contribution is -0.0495. The van der Waals surface area contributed by atoms with E-state index < -0.39 is 17.9 Å². The summed E-state index contributed by atoms with van der Waals surface area (Å²) in [6, 6.07) is 4.35. The van der Waals surface area contributed by atoms with Gasteiger partial charge in [-0.3, -0.25) is 14.2 Å². The number of carbonyl (C=O) groups excluding carboxylic acids is 2. The lowest BCUT2D eigenvalue weighted by Crippen LogP contribution is -2.38. The second kappa shape index (κ2) is 11.4. The molecule has 41 heavy (non-hydrogen) atoms. The van der Waals surface area contributed by atoms with Gasteiger partial charge in [-0.25, -0.2) is 23.1 Å². The van der Waals surface area contributed by atoms with E-state index in [2.05, 4.69) is 20.6 Å². The van der Waals surface area contributed by atoms with Crippen molar-refractivity contribution in [3.05, 3.63) is 65.6 Å². The summed E-state index contributed by atoms with van der Waals surface area (Å²) in [5.74, 6) is -3.79. The van der Waals surface area contributed by atoms with E-state index in [9.17, 15) is 18.4 Å². The van der Waals surface area contributed by atoms with Gasteiger partial charge >= 0.3 is 5.97 Å². The first-order chi connectivity index (χ1) is 19.5. The number of esters is 1. The van der Waals surface area contributed by atoms with E-state index in [0.29, 0.717) is 28.3 Å². The minimum atomic E-state index is -2.71. The average Bonchev–Trinajstić information content (AvgIpc) is 3.69. The molecule has 0 aromatic carbocycles. The van der Waals surface area contributed by atoms with Crippen molar-refractivity contribution in [1.29, 1.82) is 0 Å². The summed E-state index contributed by atoms with van der Waals surface area (Å²) in [6.07, 6.45) is 6.38. The predicted molar refractivity (Wildman–Crippen MR) is 144 cm³/mol. The molecular weight excluding hydrogens is 534 g/mol. The van der Waals surface area contributed by atoms with E-state index in [1.807, 2.05) is 27.7 Å². The summed E-state index contributed by atoms with van der Waals surface area (Å²) >= 11 is 0. The Morgan fingerprint density at radius 1 is 1.02 bits per heavy atom. The number of hydrogen-bond acceptors (Lipinski definition) is 7. The highest BCUT2D eigenvalue weighted by atomic mass is 19.3. The molecule has 1 aliphatic carbocycles. The molecule has 0 radical (unpaired) electrons. The number of imidazole rings is 1. The van der Waals surface area contributed by atoms with E-state index in [1.54, 1.807) is 56.9 Å². The van der Waals surface area contributed by atoms with Gasteiger partial charge < -0.3 is 10.1 Å². The third-order valence-corrected chi connectivity index (χ3v) is 7.36. The third kappa shape index (κ3) is 6.13. The largest absolute Gasteiger partial charge is 0.456 e. The Kier molecular flexibility index (Phi) is 7.87. The van der Waals surface area contributed by atoms with Gasteiger partial charge in [0.2, 0.25) is 5.92 Å². The van der Waals surface area contributed by atoms with Gasteiger partial charge in [-0.2, -0.15) is 15.3 Å². The van der Waals surface area contributed by atoms with Crippen molar-refractivity contribution in [3.63, 3.8) is 0 Å². The van der Waals surface area contributed by atoms with Crippen molar-refractivity contribution < 1.29 is 23.1 Å². The number of aromatic nitrogens is 7. The molecule has 0 saturated heterocycles.